The fraction of sp³-hybridized carbons (Fsp3) is 0.571. The van der Waals surface area contributed by atoms with Gasteiger partial charge >= 0.3 is 0 Å². The summed E-state index contributed by atoms with van der Waals surface area (Å²) in [5.41, 5.74) is 0.979. The first kappa shape index (κ1) is 7.28. The van der Waals surface area contributed by atoms with Gasteiger partial charge in [-0.05, 0) is 6.42 Å². The van der Waals surface area contributed by atoms with Crippen molar-refractivity contribution in [2.75, 3.05) is 7.11 Å². The second-order valence-corrected chi connectivity index (χ2v) is 2.02. The lowest BCUT2D eigenvalue weighted by molar-refractivity contribution is 0.159. The van der Waals surface area contributed by atoms with Crippen molar-refractivity contribution in [1.82, 2.24) is 4.98 Å². The summed E-state index contributed by atoms with van der Waals surface area (Å²) >= 11 is 0. The summed E-state index contributed by atoms with van der Waals surface area (Å²) in [5, 5.41) is 0. The molecule has 0 radical (unpaired) electrons. The number of oxazole rings is 1. The van der Waals surface area contributed by atoms with Crippen LogP contribution in [0, 0.1) is 0 Å². The molecule has 0 fully saturated rings. The van der Waals surface area contributed by atoms with Crippen molar-refractivity contribution in [1.29, 1.82) is 0 Å². The van der Waals surface area contributed by atoms with Crippen LogP contribution in [0.4, 0.5) is 0 Å². The lowest BCUT2D eigenvalue weighted by Gasteiger charge is -1.88. The molecule has 0 saturated carbocycles. The van der Waals surface area contributed by atoms with Gasteiger partial charge in [0.25, 0.3) is 0 Å². The number of nitrogens with zero attached hydrogens (tertiary/aromatic N) is 1. The summed E-state index contributed by atoms with van der Waals surface area (Å²) in [6, 6.07) is 0. The molecule has 1 aromatic rings. The van der Waals surface area contributed by atoms with Crippen LogP contribution < -0.4 is 0 Å². The molecule has 0 unspecified atom stereocenters. The summed E-state index contributed by atoms with van der Waals surface area (Å²) in [4.78, 5) is 4.13. The molecule has 0 N–H and O–H groups in total. The standard InChI is InChI=1S/C7H11NO2/c1-3-6-4-10-7(8-6)5-9-2/h4H,3,5H2,1-2H3. The maximum absolute atomic E-state index is 5.06. The Bertz CT molecular complexity index is 195. The summed E-state index contributed by atoms with van der Waals surface area (Å²) in [6.07, 6.45) is 2.57. The van der Waals surface area contributed by atoms with E-state index in [0.29, 0.717) is 12.5 Å². The minimum atomic E-state index is 0.458. The highest BCUT2D eigenvalue weighted by Gasteiger charge is 1.99. The van der Waals surface area contributed by atoms with Gasteiger partial charge in [0.15, 0.2) is 0 Å². The second-order valence-electron chi connectivity index (χ2n) is 2.02. The van der Waals surface area contributed by atoms with E-state index in [0.717, 1.165) is 12.1 Å². The van der Waals surface area contributed by atoms with Crippen LogP contribution in [0.5, 0.6) is 0 Å². The van der Waals surface area contributed by atoms with Crippen molar-refractivity contribution >= 4 is 0 Å². The normalized spacial score (nSPS) is 10.2. The first-order valence-electron chi connectivity index (χ1n) is 3.29. The van der Waals surface area contributed by atoms with Crippen molar-refractivity contribution in [3.63, 3.8) is 0 Å². The van der Waals surface area contributed by atoms with Gasteiger partial charge in [-0.1, -0.05) is 6.92 Å². The van der Waals surface area contributed by atoms with Crippen molar-refractivity contribution in [2.45, 2.75) is 20.0 Å². The van der Waals surface area contributed by atoms with Gasteiger partial charge in [-0.25, -0.2) is 4.98 Å². The van der Waals surface area contributed by atoms with Crippen LogP contribution >= 0.6 is 0 Å². The lowest BCUT2D eigenvalue weighted by Crippen LogP contribution is -1.87. The fourth-order valence-corrected chi connectivity index (χ4v) is 0.701. The third-order valence-electron chi connectivity index (χ3n) is 1.23. The molecule has 3 nitrogen and oxygen atoms in total. The molecule has 0 spiro atoms. The fourth-order valence-electron chi connectivity index (χ4n) is 0.701. The number of rotatable bonds is 3. The molecule has 0 bridgehead atoms. The minimum Gasteiger partial charge on any atom is -0.446 e. The zero-order valence-electron chi connectivity index (χ0n) is 6.26. The molecule has 1 rings (SSSR count). The van der Waals surface area contributed by atoms with Gasteiger partial charge in [0.2, 0.25) is 5.89 Å². The average Bonchev–Trinajstić information content (AvgIpc) is 2.37. The van der Waals surface area contributed by atoms with Crippen molar-refractivity contribution < 1.29 is 9.15 Å². The van der Waals surface area contributed by atoms with Crippen molar-refractivity contribution in [2.24, 2.45) is 0 Å². The maximum atomic E-state index is 5.06. The van der Waals surface area contributed by atoms with E-state index < -0.39 is 0 Å². The predicted octanol–water partition coefficient (Wildman–Crippen LogP) is 1.38. The van der Waals surface area contributed by atoms with Crippen LogP contribution in [0.1, 0.15) is 18.5 Å². The van der Waals surface area contributed by atoms with Gasteiger partial charge in [-0.3, -0.25) is 0 Å². The molecule has 0 aliphatic carbocycles. The van der Waals surface area contributed by atoms with Gasteiger partial charge < -0.3 is 9.15 Å². The Kier molecular flexibility index (Phi) is 2.45. The van der Waals surface area contributed by atoms with Gasteiger partial charge in [0.05, 0.1) is 5.69 Å². The molecule has 0 amide bonds. The van der Waals surface area contributed by atoms with Crippen LogP contribution in [-0.2, 0) is 17.8 Å². The van der Waals surface area contributed by atoms with Crippen LogP contribution in [0.3, 0.4) is 0 Å². The summed E-state index contributed by atoms with van der Waals surface area (Å²) in [5.74, 6) is 0.652. The number of methoxy groups -OCH3 is 1. The Labute approximate surface area is 60.0 Å². The SMILES string of the molecule is CCc1coc(COC)n1. The molecule has 0 aliphatic rings. The van der Waals surface area contributed by atoms with Crippen LogP contribution in [-0.4, -0.2) is 12.1 Å². The lowest BCUT2D eigenvalue weighted by atomic mass is 10.4. The molecule has 10 heavy (non-hydrogen) atoms. The third-order valence-corrected chi connectivity index (χ3v) is 1.23. The molecule has 3 heteroatoms. The zero-order chi connectivity index (χ0) is 7.40. The summed E-state index contributed by atoms with van der Waals surface area (Å²) in [7, 11) is 1.62. The number of hydrogen-bond donors (Lipinski definition) is 0. The van der Waals surface area contributed by atoms with Crippen LogP contribution in [0.2, 0.25) is 0 Å². The Morgan fingerprint density at radius 2 is 2.50 bits per heavy atom. The van der Waals surface area contributed by atoms with Crippen molar-refractivity contribution in [3.05, 3.63) is 17.8 Å². The van der Waals surface area contributed by atoms with E-state index in [9.17, 15) is 0 Å². The number of aryl methyl sites for hydroxylation is 1. The highest BCUT2D eigenvalue weighted by atomic mass is 16.5. The highest BCUT2D eigenvalue weighted by Crippen LogP contribution is 2.02. The molecule has 0 atom stereocenters. The van der Waals surface area contributed by atoms with E-state index in [4.69, 9.17) is 9.15 Å². The molecule has 0 aromatic carbocycles. The van der Waals surface area contributed by atoms with E-state index in [1.54, 1.807) is 13.4 Å². The Morgan fingerprint density at radius 1 is 1.70 bits per heavy atom. The van der Waals surface area contributed by atoms with E-state index in [1.807, 2.05) is 6.92 Å². The largest absolute Gasteiger partial charge is 0.446 e. The van der Waals surface area contributed by atoms with E-state index in [-0.39, 0.29) is 0 Å². The molecule has 0 saturated heterocycles. The van der Waals surface area contributed by atoms with Gasteiger partial charge in [-0.2, -0.15) is 0 Å². The first-order chi connectivity index (χ1) is 4.86. The Hall–Kier alpha value is -0.830. The van der Waals surface area contributed by atoms with Gasteiger partial charge in [0.1, 0.15) is 12.9 Å². The van der Waals surface area contributed by atoms with Crippen molar-refractivity contribution in [3.8, 4) is 0 Å². The molecule has 0 aliphatic heterocycles. The van der Waals surface area contributed by atoms with Crippen LogP contribution in [0.15, 0.2) is 10.7 Å². The van der Waals surface area contributed by atoms with Gasteiger partial charge in [-0.15, -0.1) is 0 Å². The number of hydrogen-bond acceptors (Lipinski definition) is 3. The highest BCUT2D eigenvalue weighted by molar-refractivity contribution is 4.94. The van der Waals surface area contributed by atoms with Gasteiger partial charge in [0, 0.05) is 7.11 Å². The predicted molar refractivity (Wildman–Crippen MR) is 36.6 cm³/mol. The number of aromatic nitrogens is 1. The molecular formula is C7H11NO2. The molecule has 1 aromatic heterocycles. The maximum Gasteiger partial charge on any atom is 0.220 e. The van der Waals surface area contributed by atoms with Crippen LogP contribution in [0.25, 0.3) is 0 Å². The van der Waals surface area contributed by atoms with E-state index in [1.165, 1.54) is 0 Å². The quantitative estimate of drug-likeness (QED) is 0.638. The first-order valence-corrected chi connectivity index (χ1v) is 3.29. The second kappa shape index (κ2) is 3.37. The molecular weight excluding hydrogens is 130 g/mol. The molecule has 1 heterocycles. The topological polar surface area (TPSA) is 35.3 Å². The van der Waals surface area contributed by atoms with E-state index in [2.05, 4.69) is 4.98 Å². The summed E-state index contributed by atoms with van der Waals surface area (Å²) < 4.78 is 9.89. The average molecular weight is 141 g/mol. The smallest absolute Gasteiger partial charge is 0.220 e. The van der Waals surface area contributed by atoms with E-state index >= 15 is 0 Å². The third kappa shape index (κ3) is 1.57. The molecule has 56 valence electrons. The zero-order valence-corrected chi connectivity index (χ0v) is 6.26. The monoisotopic (exact) mass is 141 g/mol. The number of ether oxygens (including phenoxy) is 1. The minimum absolute atomic E-state index is 0.458. The Morgan fingerprint density at radius 3 is 3.00 bits per heavy atom. The summed E-state index contributed by atoms with van der Waals surface area (Å²) in [6.45, 7) is 2.49. The Balaban J connectivity index is 2.59.